The molecule has 0 aromatic carbocycles. The van der Waals surface area contributed by atoms with E-state index < -0.39 is 11.5 Å². The molecule has 0 rings (SSSR count). The average molecular weight is 290 g/mol. The standard InChI is InChI=1S/C13H26N2O3S/c1-6-15(7-2)11(16)9-19-10(3)8-13(4,14-5)12(17)18/h10,14H,6-9H2,1-5H3,(H,17,18). The van der Waals surface area contributed by atoms with Gasteiger partial charge in [-0.2, -0.15) is 0 Å². The number of carboxylic acid groups (broad SMARTS) is 1. The van der Waals surface area contributed by atoms with Crippen molar-refractivity contribution in [2.45, 2.75) is 44.9 Å². The van der Waals surface area contributed by atoms with Gasteiger partial charge in [0.05, 0.1) is 5.75 Å². The minimum atomic E-state index is -0.940. The number of carbonyl (C=O) groups is 2. The van der Waals surface area contributed by atoms with Crippen LogP contribution in [0.1, 0.15) is 34.1 Å². The van der Waals surface area contributed by atoms with Crippen LogP contribution >= 0.6 is 11.8 Å². The zero-order chi connectivity index (χ0) is 15.1. The highest BCUT2D eigenvalue weighted by atomic mass is 32.2. The van der Waals surface area contributed by atoms with Crippen LogP contribution in [0.4, 0.5) is 0 Å². The third-order valence-electron chi connectivity index (χ3n) is 3.33. The molecule has 0 saturated carbocycles. The molecule has 0 heterocycles. The maximum absolute atomic E-state index is 11.9. The predicted octanol–water partition coefficient (Wildman–Crippen LogP) is 1.43. The predicted molar refractivity (Wildman–Crippen MR) is 79.6 cm³/mol. The minimum absolute atomic E-state index is 0.105. The summed E-state index contributed by atoms with van der Waals surface area (Å²) in [5, 5.41) is 12.1. The Kier molecular flexibility index (Phi) is 8.09. The molecule has 0 aliphatic rings. The molecule has 0 aliphatic carbocycles. The van der Waals surface area contributed by atoms with E-state index in [4.69, 9.17) is 0 Å². The number of nitrogens with one attached hydrogen (secondary N) is 1. The van der Waals surface area contributed by atoms with Gasteiger partial charge in [0.15, 0.2) is 0 Å². The van der Waals surface area contributed by atoms with Gasteiger partial charge in [-0.1, -0.05) is 6.92 Å². The van der Waals surface area contributed by atoms with Gasteiger partial charge in [-0.15, -0.1) is 11.8 Å². The van der Waals surface area contributed by atoms with Gasteiger partial charge in [0, 0.05) is 18.3 Å². The number of amides is 1. The van der Waals surface area contributed by atoms with Crippen LogP contribution in [0.5, 0.6) is 0 Å². The van der Waals surface area contributed by atoms with Gasteiger partial charge in [0.2, 0.25) is 5.91 Å². The Labute approximate surface area is 120 Å². The molecule has 0 bridgehead atoms. The molecule has 2 N–H and O–H groups in total. The summed E-state index contributed by atoms with van der Waals surface area (Å²) < 4.78 is 0. The van der Waals surface area contributed by atoms with Crippen molar-refractivity contribution in [2.75, 3.05) is 25.9 Å². The first-order valence-corrected chi connectivity index (χ1v) is 7.67. The fourth-order valence-corrected chi connectivity index (χ4v) is 2.87. The third kappa shape index (κ3) is 5.82. The monoisotopic (exact) mass is 290 g/mol. The van der Waals surface area contributed by atoms with Crippen molar-refractivity contribution >= 4 is 23.6 Å². The summed E-state index contributed by atoms with van der Waals surface area (Å²) in [7, 11) is 1.65. The largest absolute Gasteiger partial charge is 0.480 e. The number of aliphatic carboxylic acids is 1. The molecule has 112 valence electrons. The van der Waals surface area contributed by atoms with E-state index in [1.165, 1.54) is 11.8 Å². The lowest BCUT2D eigenvalue weighted by atomic mass is 9.96. The second-order valence-corrected chi connectivity index (χ2v) is 6.21. The molecule has 0 radical (unpaired) electrons. The average Bonchev–Trinajstić information content (AvgIpc) is 2.37. The molecule has 0 fully saturated rings. The van der Waals surface area contributed by atoms with Gasteiger partial charge in [-0.3, -0.25) is 9.59 Å². The third-order valence-corrected chi connectivity index (χ3v) is 4.48. The SMILES string of the molecule is CCN(CC)C(=O)CSC(C)CC(C)(NC)C(=O)O. The molecule has 6 heteroatoms. The number of carboxylic acids is 1. The van der Waals surface area contributed by atoms with Crippen LogP contribution < -0.4 is 5.32 Å². The summed E-state index contributed by atoms with van der Waals surface area (Å²) in [6, 6.07) is 0. The van der Waals surface area contributed by atoms with Gasteiger partial charge < -0.3 is 15.3 Å². The molecule has 0 aromatic heterocycles. The zero-order valence-corrected chi connectivity index (χ0v) is 13.3. The molecule has 0 aromatic rings. The number of hydrogen-bond donors (Lipinski definition) is 2. The molecule has 19 heavy (non-hydrogen) atoms. The van der Waals surface area contributed by atoms with Crippen LogP contribution in [-0.2, 0) is 9.59 Å². The van der Waals surface area contributed by atoms with Crippen LogP contribution in [0, 0.1) is 0 Å². The van der Waals surface area contributed by atoms with Crippen LogP contribution in [0.3, 0.4) is 0 Å². The number of carbonyl (C=O) groups excluding carboxylic acids is 1. The Bertz CT molecular complexity index is 308. The molecule has 2 unspecified atom stereocenters. The fraction of sp³-hybridized carbons (Fsp3) is 0.846. The van der Waals surface area contributed by atoms with E-state index in [9.17, 15) is 14.7 Å². The summed E-state index contributed by atoms with van der Waals surface area (Å²) in [6.45, 7) is 8.97. The van der Waals surface area contributed by atoms with Crippen molar-refractivity contribution in [1.82, 2.24) is 10.2 Å². The Hall–Kier alpha value is -0.750. The quantitative estimate of drug-likeness (QED) is 0.672. The van der Waals surface area contributed by atoms with Crippen LogP contribution in [0.2, 0.25) is 0 Å². The number of rotatable bonds is 9. The number of hydrogen-bond acceptors (Lipinski definition) is 4. The van der Waals surface area contributed by atoms with E-state index in [0.29, 0.717) is 25.3 Å². The molecular weight excluding hydrogens is 264 g/mol. The molecule has 0 spiro atoms. The van der Waals surface area contributed by atoms with Crippen molar-refractivity contribution < 1.29 is 14.7 Å². The van der Waals surface area contributed by atoms with E-state index >= 15 is 0 Å². The number of likely N-dealkylation sites (N-methyl/N-ethyl adjacent to an activating group) is 1. The first-order valence-electron chi connectivity index (χ1n) is 6.62. The summed E-state index contributed by atoms with van der Waals surface area (Å²) in [5.41, 5.74) is -0.940. The van der Waals surface area contributed by atoms with Crippen molar-refractivity contribution in [3.8, 4) is 0 Å². The maximum atomic E-state index is 11.9. The first kappa shape index (κ1) is 18.2. The van der Waals surface area contributed by atoms with E-state index in [1.54, 1.807) is 18.9 Å². The summed E-state index contributed by atoms with van der Waals surface area (Å²) >= 11 is 1.51. The summed E-state index contributed by atoms with van der Waals surface area (Å²) in [6.07, 6.45) is 0.481. The van der Waals surface area contributed by atoms with E-state index in [1.807, 2.05) is 20.8 Å². The van der Waals surface area contributed by atoms with Gasteiger partial charge in [-0.25, -0.2) is 0 Å². The summed E-state index contributed by atoms with van der Waals surface area (Å²) in [5.74, 6) is -0.344. The van der Waals surface area contributed by atoms with E-state index in [0.717, 1.165) is 0 Å². The molecular formula is C13H26N2O3S. The Morgan fingerprint density at radius 2 is 1.89 bits per heavy atom. The number of nitrogens with zero attached hydrogens (tertiary/aromatic N) is 1. The second-order valence-electron chi connectivity index (χ2n) is 4.78. The lowest BCUT2D eigenvalue weighted by Crippen LogP contribution is -2.49. The summed E-state index contributed by atoms with van der Waals surface area (Å²) in [4.78, 5) is 24.8. The topological polar surface area (TPSA) is 69.6 Å². The van der Waals surface area contributed by atoms with Gasteiger partial charge >= 0.3 is 5.97 Å². The van der Waals surface area contributed by atoms with Crippen molar-refractivity contribution in [3.05, 3.63) is 0 Å². The first-order chi connectivity index (χ1) is 8.80. The molecule has 1 amide bonds. The lowest BCUT2D eigenvalue weighted by Gasteiger charge is -2.27. The molecule has 2 atom stereocenters. The van der Waals surface area contributed by atoms with Crippen LogP contribution in [0.25, 0.3) is 0 Å². The van der Waals surface area contributed by atoms with Crippen molar-refractivity contribution in [1.29, 1.82) is 0 Å². The molecule has 0 saturated heterocycles. The van der Waals surface area contributed by atoms with Crippen molar-refractivity contribution in [3.63, 3.8) is 0 Å². The van der Waals surface area contributed by atoms with E-state index in [2.05, 4.69) is 5.32 Å². The fourth-order valence-electron chi connectivity index (χ4n) is 1.81. The highest BCUT2D eigenvalue weighted by molar-refractivity contribution is 8.00. The van der Waals surface area contributed by atoms with Gasteiger partial charge in [0.1, 0.15) is 5.54 Å². The molecule has 0 aliphatic heterocycles. The highest BCUT2D eigenvalue weighted by Crippen LogP contribution is 2.22. The van der Waals surface area contributed by atoms with E-state index in [-0.39, 0.29) is 11.2 Å². The Balaban J connectivity index is 4.29. The van der Waals surface area contributed by atoms with Gasteiger partial charge in [-0.05, 0) is 34.2 Å². The smallest absolute Gasteiger partial charge is 0.323 e. The lowest BCUT2D eigenvalue weighted by molar-refractivity contribution is -0.144. The van der Waals surface area contributed by atoms with Crippen LogP contribution in [0.15, 0.2) is 0 Å². The molecule has 5 nitrogen and oxygen atoms in total. The maximum Gasteiger partial charge on any atom is 0.323 e. The van der Waals surface area contributed by atoms with Crippen molar-refractivity contribution in [2.24, 2.45) is 0 Å². The second kappa shape index (κ2) is 8.43. The Morgan fingerprint density at radius 1 is 1.37 bits per heavy atom. The number of thioether (sulfide) groups is 1. The van der Waals surface area contributed by atoms with Gasteiger partial charge in [0.25, 0.3) is 0 Å². The zero-order valence-electron chi connectivity index (χ0n) is 12.5. The van der Waals surface area contributed by atoms with Crippen LogP contribution in [-0.4, -0.2) is 58.6 Å². The minimum Gasteiger partial charge on any atom is -0.480 e. The highest BCUT2D eigenvalue weighted by Gasteiger charge is 2.33. The Morgan fingerprint density at radius 3 is 2.26 bits per heavy atom. The normalized spacial score (nSPS) is 15.6.